The smallest absolute Gasteiger partial charge is 0.186 e. The van der Waals surface area contributed by atoms with Crippen LogP contribution in [0.5, 0.6) is 0 Å². The summed E-state index contributed by atoms with van der Waals surface area (Å²) in [5, 5.41) is 0. The monoisotopic (exact) mass is 388 g/mol. The van der Waals surface area contributed by atoms with E-state index in [2.05, 4.69) is 64.1 Å². The summed E-state index contributed by atoms with van der Waals surface area (Å²) >= 11 is 0. The molecule has 25 heavy (non-hydrogen) atoms. The molecule has 5 heteroatoms. The molecular weight excluding hydrogens is 340 g/mol. The van der Waals surface area contributed by atoms with Crippen LogP contribution in [0, 0.1) is 0 Å². The molecule has 152 valence electrons. The van der Waals surface area contributed by atoms with Gasteiger partial charge in [-0.1, -0.05) is 41.0 Å². The van der Waals surface area contributed by atoms with Crippen molar-refractivity contribution in [3.8, 4) is 0 Å². The standard InChI is InChI=1S/C20H48N2OSi2/c1-9-21(10-2)18-19-22(25(12-4,13-5)14-6)17-15-16-20-24(7,8)23-11-3/h9-20H2,1-8H3. The number of hydrogen-bond acceptors (Lipinski definition) is 3. The molecule has 0 aromatic carbocycles. The second-order valence-corrected chi connectivity index (χ2v) is 17.5. The lowest BCUT2D eigenvalue weighted by Gasteiger charge is -2.42. The zero-order valence-electron chi connectivity index (χ0n) is 18.8. The highest BCUT2D eigenvalue weighted by molar-refractivity contribution is 6.77. The van der Waals surface area contributed by atoms with Crippen LogP contribution in [0.3, 0.4) is 0 Å². The summed E-state index contributed by atoms with van der Waals surface area (Å²) in [6.45, 7) is 25.8. The maximum atomic E-state index is 6.00. The van der Waals surface area contributed by atoms with E-state index in [1.807, 2.05) is 0 Å². The second kappa shape index (κ2) is 13.5. The Kier molecular flexibility index (Phi) is 13.6. The molecule has 0 heterocycles. The van der Waals surface area contributed by atoms with Crippen molar-refractivity contribution in [1.29, 1.82) is 0 Å². The molecule has 0 fully saturated rings. The number of likely N-dealkylation sites (N-methyl/N-ethyl adjacent to an activating group) is 1. The van der Waals surface area contributed by atoms with Crippen molar-refractivity contribution in [3.63, 3.8) is 0 Å². The van der Waals surface area contributed by atoms with E-state index in [0.29, 0.717) is 0 Å². The van der Waals surface area contributed by atoms with Gasteiger partial charge in [0.1, 0.15) is 8.24 Å². The summed E-state index contributed by atoms with van der Waals surface area (Å²) < 4.78 is 8.96. The fraction of sp³-hybridized carbons (Fsp3) is 1.00. The van der Waals surface area contributed by atoms with Gasteiger partial charge < -0.3 is 13.9 Å². The first kappa shape index (κ1) is 25.3. The Balaban J connectivity index is 4.73. The minimum atomic E-state index is -1.41. The van der Waals surface area contributed by atoms with E-state index in [4.69, 9.17) is 4.43 Å². The molecule has 3 nitrogen and oxygen atoms in total. The molecule has 0 aliphatic carbocycles. The Morgan fingerprint density at radius 3 is 1.72 bits per heavy atom. The van der Waals surface area contributed by atoms with Gasteiger partial charge in [-0.2, -0.15) is 0 Å². The Morgan fingerprint density at radius 2 is 1.28 bits per heavy atom. The lowest BCUT2D eigenvalue weighted by Crippen LogP contribution is -2.54. The Bertz CT molecular complexity index is 311. The van der Waals surface area contributed by atoms with Crippen molar-refractivity contribution in [3.05, 3.63) is 0 Å². The van der Waals surface area contributed by atoms with Crippen molar-refractivity contribution in [2.24, 2.45) is 0 Å². The topological polar surface area (TPSA) is 15.7 Å². The SMILES string of the molecule is CCO[Si](C)(C)CCCCN(CCN(CC)CC)[Si](CC)(CC)CC. The molecule has 0 unspecified atom stereocenters. The van der Waals surface area contributed by atoms with E-state index in [-0.39, 0.29) is 0 Å². The second-order valence-electron chi connectivity index (χ2n) is 7.95. The van der Waals surface area contributed by atoms with E-state index in [1.54, 1.807) is 0 Å². The normalized spacial score (nSPS) is 13.2. The minimum absolute atomic E-state index is 0.882. The summed E-state index contributed by atoms with van der Waals surface area (Å²) in [5.74, 6) is 0. The molecule has 0 radical (unpaired) electrons. The summed E-state index contributed by atoms with van der Waals surface area (Å²) in [7, 11) is -2.67. The minimum Gasteiger partial charge on any atom is -0.418 e. The Labute approximate surface area is 161 Å². The van der Waals surface area contributed by atoms with Crippen LogP contribution in [0.4, 0.5) is 0 Å². The number of unbranched alkanes of at least 4 members (excludes halogenated alkanes) is 1. The predicted octanol–water partition coefficient (Wildman–Crippen LogP) is 5.66. The average molecular weight is 389 g/mol. The van der Waals surface area contributed by atoms with Crippen molar-refractivity contribution < 1.29 is 4.43 Å². The molecule has 0 aromatic heterocycles. The zero-order chi connectivity index (χ0) is 19.3. The van der Waals surface area contributed by atoms with Crippen LogP contribution in [0.15, 0.2) is 0 Å². The molecule has 0 bridgehead atoms. The number of rotatable bonds is 16. The molecule has 0 aliphatic heterocycles. The van der Waals surface area contributed by atoms with Crippen LogP contribution >= 0.6 is 0 Å². The summed E-state index contributed by atoms with van der Waals surface area (Å²) in [6.07, 6.45) is 2.68. The highest BCUT2D eigenvalue weighted by Crippen LogP contribution is 2.26. The molecule has 0 rings (SSSR count). The molecule has 0 amide bonds. The van der Waals surface area contributed by atoms with Crippen molar-refractivity contribution in [2.75, 3.05) is 39.3 Å². The summed E-state index contributed by atoms with van der Waals surface area (Å²) in [4.78, 5) is 2.58. The van der Waals surface area contributed by atoms with Gasteiger partial charge in [-0.3, -0.25) is 0 Å². The van der Waals surface area contributed by atoms with Crippen LogP contribution in [-0.2, 0) is 4.43 Å². The van der Waals surface area contributed by atoms with Gasteiger partial charge in [-0.15, -0.1) is 0 Å². The van der Waals surface area contributed by atoms with Crippen molar-refractivity contribution in [1.82, 2.24) is 9.47 Å². The first-order valence-electron chi connectivity index (χ1n) is 11.0. The maximum Gasteiger partial charge on any atom is 0.186 e. The lowest BCUT2D eigenvalue weighted by molar-refractivity contribution is 0.264. The van der Waals surface area contributed by atoms with Crippen molar-refractivity contribution in [2.45, 2.75) is 91.7 Å². The fourth-order valence-electron chi connectivity index (χ4n) is 4.13. The molecule has 0 N–H and O–H groups in total. The Morgan fingerprint density at radius 1 is 0.720 bits per heavy atom. The van der Waals surface area contributed by atoms with Crippen LogP contribution in [-0.4, -0.2) is 65.3 Å². The van der Waals surface area contributed by atoms with E-state index in [0.717, 1.165) is 6.61 Å². The largest absolute Gasteiger partial charge is 0.418 e. The maximum absolute atomic E-state index is 6.00. The van der Waals surface area contributed by atoms with Gasteiger partial charge >= 0.3 is 0 Å². The lowest BCUT2D eigenvalue weighted by atomic mass is 10.3. The van der Waals surface area contributed by atoms with E-state index in [1.165, 1.54) is 69.7 Å². The van der Waals surface area contributed by atoms with Gasteiger partial charge in [-0.25, -0.2) is 0 Å². The number of nitrogens with zero attached hydrogens (tertiary/aromatic N) is 2. The van der Waals surface area contributed by atoms with Crippen LogP contribution in [0.25, 0.3) is 0 Å². The molecular formula is C20H48N2OSi2. The quantitative estimate of drug-likeness (QED) is 0.251. The van der Waals surface area contributed by atoms with Crippen LogP contribution in [0.1, 0.15) is 54.4 Å². The first-order chi connectivity index (χ1) is 11.8. The van der Waals surface area contributed by atoms with Crippen molar-refractivity contribution >= 4 is 16.6 Å². The first-order valence-corrected chi connectivity index (χ1v) is 16.6. The van der Waals surface area contributed by atoms with E-state index < -0.39 is 16.6 Å². The van der Waals surface area contributed by atoms with E-state index >= 15 is 0 Å². The summed E-state index contributed by atoms with van der Waals surface area (Å²) in [5.41, 5.74) is 0. The Hall–Kier alpha value is 0.314. The van der Waals surface area contributed by atoms with Gasteiger partial charge in [0.05, 0.1) is 0 Å². The molecule has 0 aromatic rings. The van der Waals surface area contributed by atoms with Gasteiger partial charge in [0.15, 0.2) is 8.32 Å². The van der Waals surface area contributed by atoms with Crippen LogP contribution < -0.4 is 0 Å². The fourth-order valence-corrected chi connectivity index (χ4v) is 10.2. The van der Waals surface area contributed by atoms with Crippen LogP contribution in [0.2, 0.25) is 37.3 Å². The molecule has 0 saturated carbocycles. The summed E-state index contributed by atoms with van der Waals surface area (Å²) in [6, 6.07) is 5.51. The third kappa shape index (κ3) is 9.18. The van der Waals surface area contributed by atoms with Gasteiger partial charge in [0.25, 0.3) is 0 Å². The molecule has 0 atom stereocenters. The highest BCUT2D eigenvalue weighted by Gasteiger charge is 2.34. The van der Waals surface area contributed by atoms with Gasteiger partial charge in [0, 0.05) is 19.7 Å². The molecule has 0 aliphatic rings. The highest BCUT2D eigenvalue weighted by atomic mass is 28.4. The average Bonchev–Trinajstić information content (AvgIpc) is 2.60. The van der Waals surface area contributed by atoms with Gasteiger partial charge in [-0.05, 0) is 70.2 Å². The third-order valence-corrected chi connectivity index (χ3v) is 14.6. The van der Waals surface area contributed by atoms with E-state index in [9.17, 15) is 0 Å². The third-order valence-electron chi connectivity index (χ3n) is 6.22. The zero-order valence-corrected chi connectivity index (χ0v) is 20.8. The predicted molar refractivity (Wildman–Crippen MR) is 120 cm³/mol. The number of hydrogen-bond donors (Lipinski definition) is 0. The van der Waals surface area contributed by atoms with Gasteiger partial charge in [0.2, 0.25) is 0 Å². The molecule has 0 saturated heterocycles. The molecule has 0 spiro atoms.